The van der Waals surface area contributed by atoms with Crippen molar-refractivity contribution in [1.82, 2.24) is 15.1 Å². The Morgan fingerprint density at radius 3 is 2.85 bits per heavy atom. The number of aromatic nitrogens is 3. The van der Waals surface area contributed by atoms with Gasteiger partial charge in [-0.05, 0) is 17.3 Å². The number of nitrogens with zero attached hydrogens (tertiary/aromatic N) is 3. The number of nitrogens with one attached hydrogen (secondary N) is 1. The molecule has 0 unspecified atom stereocenters. The van der Waals surface area contributed by atoms with Gasteiger partial charge in [0.25, 0.3) is 0 Å². The zero-order valence-electron chi connectivity index (χ0n) is 6.75. The van der Waals surface area contributed by atoms with Gasteiger partial charge in [-0.1, -0.05) is 23.2 Å². The second-order valence-corrected chi connectivity index (χ2v) is 3.32. The summed E-state index contributed by atoms with van der Waals surface area (Å²) in [5, 5.41) is 8.79. The van der Waals surface area contributed by atoms with Crippen molar-refractivity contribution in [3.63, 3.8) is 0 Å². The lowest BCUT2D eigenvalue weighted by Crippen LogP contribution is -2.10. The molecular formula is C7H6Cl2N4. The molecule has 0 spiro atoms. The summed E-state index contributed by atoms with van der Waals surface area (Å²) in [5.41, 5.74) is 4.23. The summed E-state index contributed by atoms with van der Waals surface area (Å²) in [6.45, 7) is 0. The Labute approximate surface area is 84.4 Å². The number of fused-ring (bicyclic) bond motifs is 1. The molecule has 1 heterocycles. The van der Waals surface area contributed by atoms with E-state index in [0.717, 1.165) is 5.52 Å². The van der Waals surface area contributed by atoms with Gasteiger partial charge in [-0.25, -0.2) is 0 Å². The zero-order valence-corrected chi connectivity index (χ0v) is 8.26. The van der Waals surface area contributed by atoms with Crippen molar-refractivity contribution in [2.24, 2.45) is 0 Å². The smallest absolute Gasteiger partial charge is 0.134 e. The zero-order chi connectivity index (χ0) is 9.42. The molecule has 4 nitrogen and oxygen atoms in total. The van der Waals surface area contributed by atoms with Gasteiger partial charge < -0.3 is 5.43 Å². The van der Waals surface area contributed by atoms with Crippen LogP contribution in [0.15, 0.2) is 12.1 Å². The molecule has 1 aromatic heterocycles. The maximum Gasteiger partial charge on any atom is 0.134 e. The monoisotopic (exact) mass is 216 g/mol. The van der Waals surface area contributed by atoms with E-state index < -0.39 is 0 Å². The molecule has 0 fully saturated rings. The topological polar surface area (TPSA) is 42.7 Å². The lowest BCUT2D eigenvalue weighted by Gasteiger charge is -1.99. The van der Waals surface area contributed by atoms with E-state index in [2.05, 4.69) is 15.7 Å². The van der Waals surface area contributed by atoms with Crippen LogP contribution in [0.5, 0.6) is 0 Å². The first-order chi connectivity index (χ1) is 6.22. The summed E-state index contributed by atoms with van der Waals surface area (Å²) in [7, 11) is 1.74. The molecule has 2 rings (SSSR count). The maximum atomic E-state index is 5.90. The molecule has 1 N–H and O–H groups in total. The minimum absolute atomic E-state index is 0.504. The van der Waals surface area contributed by atoms with Crippen LogP contribution in [0.4, 0.5) is 0 Å². The maximum absolute atomic E-state index is 5.90. The molecule has 1 aromatic carbocycles. The first kappa shape index (κ1) is 8.59. The number of hydrogen-bond donors (Lipinski definition) is 1. The second-order valence-electron chi connectivity index (χ2n) is 2.48. The number of rotatable bonds is 1. The molecule has 0 radical (unpaired) electrons. The molecule has 2 aromatic rings. The van der Waals surface area contributed by atoms with Gasteiger partial charge in [-0.3, -0.25) is 0 Å². The Morgan fingerprint density at radius 2 is 2.15 bits per heavy atom. The van der Waals surface area contributed by atoms with Crippen LogP contribution in [0.2, 0.25) is 10.0 Å². The molecule has 68 valence electrons. The Bertz CT molecular complexity index is 451. The number of hydrogen-bond acceptors (Lipinski definition) is 3. The van der Waals surface area contributed by atoms with Crippen molar-refractivity contribution < 1.29 is 0 Å². The van der Waals surface area contributed by atoms with Crippen LogP contribution in [-0.2, 0) is 0 Å². The van der Waals surface area contributed by atoms with Crippen LogP contribution in [0.3, 0.4) is 0 Å². The highest BCUT2D eigenvalue weighted by Gasteiger charge is 2.08. The minimum atomic E-state index is 0.504. The first-order valence-electron chi connectivity index (χ1n) is 3.60. The third-order valence-electron chi connectivity index (χ3n) is 1.68. The molecule has 0 aliphatic carbocycles. The normalized spacial score (nSPS) is 10.7. The lowest BCUT2D eigenvalue weighted by atomic mass is 10.3. The van der Waals surface area contributed by atoms with Gasteiger partial charge in [-0.2, -0.15) is 4.79 Å². The van der Waals surface area contributed by atoms with E-state index in [1.807, 2.05) is 0 Å². The van der Waals surface area contributed by atoms with Crippen molar-refractivity contribution >= 4 is 34.2 Å². The van der Waals surface area contributed by atoms with Crippen molar-refractivity contribution in [1.29, 1.82) is 0 Å². The summed E-state index contributed by atoms with van der Waals surface area (Å²) in [6.07, 6.45) is 0. The van der Waals surface area contributed by atoms with Gasteiger partial charge in [-0.15, -0.1) is 5.10 Å². The molecule has 6 heteroatoms. The van der Waals surface area contributed by atoms with Crippen molar-refractivity contribution in [2.75, 3.05) is 12.5 Å². The molecule has 0 saturated heterocycles. The second kappa shape index (κ2) is 3.05. The van der Waals surface area contributed by atoms with Crippen molar-refractivity contribution in [3.8, 4) is 0 Å². The quantitative estimate of drug-likeness (QED) is 0.793. The standard InChI is InChI=1S/C7H6Cl2N4/c1-10-13-6-3-4(8)2-5(9)7(6)11-12-13/h2-3,10H,1H3. The highest BCUT2D eigenvalue weighted by atomic mass is 35.5. The predicted octanol–water partition coefficient (Wildman–Crippen LogP) is 1.91. The van der Waals surface area contributed by atoms with Gasteiger partial charge >= 0.3 is 0 Å². The third-order valence-corrected chi connectivity index (χ3v) is 2.19. The number of benzene rings is 1. The third kappa shape index (κ3) is 1.32. The fourth-order valence-corrected chi connectivity index (χ4v) is 1.64. The predicted molar refractivity (Wildman–Crippen MR) is 52.8 cm³/mol. The largest absolute Gasteiger partial charge is 0.311 e. The number of halogens is 2. The Balaban J connectivity index is 2.82. The Kier molecular flexibility index (Phi) is 2.01. The van der Waals surface area contributed by atoms with Gasteiger partial charge in [0.2, 0.25) is 0 Å². The van der Waals surface area contributed by atoms with Crippen LogP contribution >= 0.6 is 23.2 Å². The van der Waals surface area contributed by atoms with Gasteiger partial charge in [0.05, 0.1) is 5.02 Å². The van der Waals surface area contributed by atoms with E-state index in [-0.39, 0.29) is 0 Å². The van der Waals surface area contributed by atoms with Crippen LogP contribution in [-0.4, -0.2) is 22.2 Å². The molecule has 0 amide bonds. The molecule has 0 bridgehead atoms. The van der Waals surface area contributed by atoms with E-state index in [0.29, 0.717) is 15.6 Å². The van der Waals surface area contributed by atoms with E-state index in [9.17, 15) is 0 Å². The minimum Gasteiger partial charge on any atom is -0.311 e. The van der Waals surface area contributed by atoms with E-state index >= 15 is 0 Å². The molecule has 13 heavy (non-hydrogen) atoms. The molecule has 0 saturated carbocycles. The fraction of sp³-hybridized carbons (Fsp3) is 0.143. The lowest BCUT2D eigenvalue weighted by molar-refractivity contribution is 0.749. The summed E-state index contributed by atoms with van der Waals surface area (Å²) < 4.78 is 0. The van der Waals surface area contributed by atoms with Gasteiger partial charge in [0.15, 0.2) is 0 Å². The summed E-state index contributed by atoms with van der Waals surface area (Å²) >= 11 is 11.7. The Hall–Kier alpha value is -1.00. The van der Waals surface area contributed by atoms with Gasteiger partial charge in [0, 0.05) is 12.1 Å². The molecular weight excluding hydrogens is 211 g/mol. The van der Waals surface area contributed by atoms with E-state index in [1.165, 1.54) is 4.79 Å². The van der Waals surface area contributed by atoms with Crippen LogP contribution in [0, 0.1) is 0 Å². The average Bonchev–Trinajstić information content (AvgIpc) is 2.47. The summed E-state index contributed by atoms with van der Waals surface area (Å²) in [5.74, 6) is 0. The molecule has 0 aliphatic rings. The van der Waals surface area contributed by atoms with Gasteiger partial charge in [0.1, 0.15) is 11.0 Å². The summed E-state index contributed by atoms with van der Waals surface area (Å²) in [6, 6.07) is 3.39. The van der Waals surface area contributed by atoms with E-state index in [4.69, 9.17) is 23.2 Å². The summed E-state index contributed by atoms with van der Waals surface area (Å²) in [4.78, 5) is 1.51. The fourth-order valence-electron chi connectivity index (χ4n) is 1.12. The first-order valence-corrected chi connectivity index (χ1v) is 4.36. The van der Waals surface area contributed by atoms with Crippen LogP contribution in [0.25, 0.3) is 11.0 Å². The van der Waals surface area contributed by atoms with Crippen molar-refractivity contribution in [3.05, 3.63) is 22.2 Å². The molecule has 0 aliphatic heterocycles. The van der Waals surface area contributed by atoms with Crippen LogP contribution in [0.1, 0.15) is 0 Å². The Morgan fingerprint density at radius 1 is 1.38 bits per heavy atom. The SMILES string of the molecule is CNn1nnc2c(Cl)cc(Cl)cc21. The van der Waals surface area contributed by atoms with E-state index in [1.54, 1.807) is 19.2 Å². The average molecular weight is 217 g/mol. The highest BCUT2D eigenvalue weighted by molar-refractivity contribution is 6.38. The van der Waals surface area contributed by atoms with Crippen molar-refractivity contribution in [2.45, 2.75) is 0 Å². The highest BCUT2D eigenvalue weighted by Crippen LogP contribution is 2.25. The molecule has 0 atom stereocenters. The van der Waals surface area contributed by atoms with Crippen LogP contribution < -0.4 is 5.43 Å².